The fourth-order valence-electron chi connectivity index (χ4n) is 5.93. The highest BCUT2D eigenvalue weighted by Crippen LogP contribution is 2.35. The van der Waals surface area contributed by atoms with Gasteiger partial charge in [0, 0.05) is 28.6 Å². The zero-order valence-corrected chi connectivity index (χ0v) is 26.6. The van der Waals surface area contributed by atoms with E-state index in [1.807, 2.05) is 37.3 Å². The number of pyridine rings is 1. The lowest BCUT2D eigenvalue weighted by atomic mass is 9.88. The molecule has 5 aromatic rings. The highest BCUT2D eigenvalue weighted by molar-refractivity contribution is 6.08. The maximum absolute atomic E-state index is 13.5. The fraction of sp³-hybridized carbons (Fsp3) is 0.289. The lowest BCUT2D eigenvalue weighted by molar-refractivity contribution is 0.262. The summed E-state index contributed by atoms with van der Waals surface area (Å²) in [7, 11) is 0. The molecule has 0 bridgehead atoms. The summed E-state index contributed by atoms with van der Waals surface area (Å²) in [5, 5.41) is 16.9. The fourth-order valence-corrected chi connectivity index (χ4v) is 5.93. The van der Waals surface area contributed by atoms with Gasteiger partial charge in [-0.25, -0.2) is 9.48 Å². The van der Waals surface area contributed by atoms with Crippen LogP contribution in [-0.4, -0.2) is 33.4 Å². The van der Waals surface area contributed by atoms with Crippen LogP contribution in [0.1, 0.15) is 62.5 Å². The first-order chi connectivity index (χ1) is 21.7. The standard InChI is InChI=1S/C38H42N6O/c1-26-17-18-30(25-40-26)44-36(24-35(43-44)38(2,3)4)42-37(45)41-34-20-19-31(32-15-8-9-16-33(32)34)28-13-10-14-29(23-28)39-22-21-27-11-6-5-7-12-27/h5-9,11-12,15-20,23-25,29,39H,10,13-14,21-22H2,1-4H3,(H2,41,42,45). The number of carbonyl (C=O) groups excluding carboxylic acids is 1. The lowest BCUT2D eigenvalue weighted by Crippen LogP contribution is -2.31. The van der Waals surface area contributed by atoms with Gasteiger partial charge in [-0.15, -0.1) is 0 Å². The summed E-state index contributed by atoms with van der Waals surface area (Å²) in [5.41, 5.74) is 7.10. The number of aromatic nitrogens is 3. The minimum Gasteiger partial charge on any atom is -0.310 e. The third-order valence-electron chi connectivity index (χ3n) is 8.40. The van der Waals surface area contributed by atoms with Crippen molar-refractivity contribution in [1.29, 1.82) is 0 Å². The van der Waals surface area contributed by atoms with Crippen LogP contribution in [0.25, 0.3) is 22.0 Å². The number of carbonyl (C=O) groups is 1. The SMILES string of the molecule is Cc1ccc(-n2nc(C(C)(C)C)cc2NC(=O)Nc2ccc(C3=CC(NCCc4ccccc4)CCC3)c3ccccc23)cn1. The van der Waals surface area contributed by atoms with Crippen molar-refractivity contribution in [2.75, 3.05) is 17.2 Å². The van der Waals surface area contributed by atoms with E-state index in [4.69, 9.17) is 5.10 Å². The van der Waals surface area contributed by atoms with E-state index >= 15 is 0 Å². The van der Waals surface area contributed by atoms with Gasteiger partial charge in [-0.2, -0.15) is 5.10 Å². The molecule has 230 valence electrons. The molecule has 45 heavy (non-hydrogen) atoms. The number of urea groups is 1. The second kappa shape index (κ2) is 13.1. The van der Waals surface area contributed by atoms with Crippen LogP contribution < -0.4 is 16.0 Å². The molecule has 7 nitrogen and oxygen atoms in total. The van der Waals surface area contributed by atoms with Crippen LogP contribution in [0.2, 0.25) is 0 Å². The van der Waals surface area contributed by atoms with E-state index in [0.717, 1.165) is 65.8 Å². The second-order valence-electron chi connectivity index (χ2n) is 12.9. The van der Waals surface area contributed by atoms with Gasteiger partial charge >= 0.3 is 6.03 Å². The Labute approximate surface area is 265 Å². The highest BCUT2D eigenvalue weighted by Gasteiger charge is 2.22. The summed E-state index contributed by atoms with van der Waals surface area (Å²) >= 11 is 0. The highest BCUT2D eigenvalue weighted by atomic mass is 16.2. The first kappa shape index (κ1) is 30.3. The third-order valence-corrected chi connectivity index (χ3v) is 8.40. The molecule has 0 fully saturated rings. The number of benzene rings is 3. The van der Waals surface area contributed by atoms with Crippen molar-refractivity contribution >= 4 is 33.9 Å². The number of nitrogens with zero attached hydrogens (tertiary/aromatic N) is 3. The Morgan fingerprint density at radius 1 is 0.933 bits per heavy atom. The molecular weight excluding hydrogens is 556 g/mol. The van der Waals surface area contributed by atoms with Crippen molar-refractivity contribution < 1.29 is 4.79 Å². The van der Waals surface area contributed by atoms with Crippen molar-refractivity contribution in [3.63, 3.8) is 0 Å². The normalized spacial score (nSPS) is 15.1. The molecule has 0 spiro atoms. The molecule has 0 saturated carbocycles. The number of nitrogens with one attached hydrogen (secondary N) is 3. The van der Waals surface area contributed by atoms with Crippen molar-refractivity contribution in [2.24, 2.45) is 0 Å². The Balaban J connectivity index is 1.21. The molecule has 0 aliphatic heterocycles. The van der Waals surface area contributed by atoms with E-state index in [1.54, 1.807) is 10.9 Å². The van der Waals surface area contributed by atoms with E-state index < -0.39 is 0 Å². The Morgan fingerprint density at radius 3 is 2.47 bits per heavy atom. The van der Waals surface area contributed by atoms with E-state index in [1.165, 1.54) is 16.7 Å². The molecule has 6 rings (SSSR count). The van der Waals surface area contributed by atoms with Gasteiger partial charge in [0.25, 0.3) is 0 Å². The van der Waals surface area contributed by atoms with Gasteiger partial charge in [0.05, 0.1) is 23.3 Å². The van der Waals surface area contributed by atoms with E-state index in [0.29, 0.717) is 11.9 Å². The molecule has 7 heteroatoms. The van der Waals surface area contributed by atoms with E-state index in [2.05, 4.69) is 102 Å². The molecule has 0 saturated heterocycles. The smallest absolute Gasteiger partial charge is 0.310 e. The van der Waals surface area contributed by atoms with Crippen LogP contribution in [0, 0.1) is 6.92 Å². The number of allylic oxidation sites excluding steroid dienone is 1. The Hall–Kier alpha value is -4.75. The summed E-state index contributed by atoms with van der Waals surface area (Å²) in [4.78, 5) is 17.9. The van der Waals surface area contributed by atoms with E-state index in [-0.39, 0.29) is 11.4 Å². The maximum Gasteiger partial charge on any atom is 0.324 e. The summed E-state index contributed by atoms with van der Waals surface area (Å²) in [6.45, 7) is 9.22. The van der Waals surface area contributed by atoms with Crippen LogP contribution in [0.15, 0.2) is 97.2 Å². The minimum absolute atomic E-state index is 0.188. The van der Waals surface area contributed by atoms with Crippen molar-refractivity contribution in [1.82, 2.24) is 20.1 Å². The number of amides is 2. The molecule has 1 aliphatic rings. The maximum atomic E-state index is 13.5. The Bertz CT molecular complexity index is 1820. The van der Waals surface area contributed by atoms with Crippen LogP contribution in [-0.2, 0) is 11.8 Å². The molecule has 1 atom stereocenters. The number of hydrogen-bond acceptors (Lipinski definition) is 4. The molecule has 1 aliphatic carbocycles. The average molecular weight is 599 g/mol. The summed E-state index contributed by atoms with van der Waals surface area (Å²) in [6, 6.07) is 29.0. The van der Waals surface area contributed by atoms with Crippen LogP contribution in [0.5, 0.6) is 0 Å². The summed E-state index contributed by atoms with van der Waals surface area (Å²) < 4.78 is 1.74. The lowest BCUT2D eigenvalue weighted by Gasteiger charge is -2.24. The molecule has 3 N–H and O–H groups in total. The number of aryl methyl sites for hydroxylation is 1. The van der Waals surface area contributed by atoms with Crippen LogP contribution >= 0.6 is 0 Å². The average Bonchev–Trinajstić information content (AvgIpc) is 3.46. The monoisotopic (exact) mass is 598 g/mol. The van der Waals surface area contributed by atoms with Gasteiger partial charge in [-0.05, 0) is 79.4 Å². The predicted molar refractivity (Wildman–Crippen MR) is 185 cm³/mol. The zero-order chi connectivity index (χ0) is 31.4. The summed E-state index contributed by atoms with van der Waals surface area (Å²) in [6.07, 6.45) is 8.53. The van der Waals surface area contributed by atoms with E-state index in [9.17, 15) is 4.79 Å². The van der Waals surface area contributed by atoms with Crippen molar-refractivity contribution in [2.45, 2.75) is 64.8 Å². The van der Waals surface area contributed by atoms with Gasteiger partial charge in [-0.3, -0.25) is 10.3 Å². The molecule has 3 aromatic carbocycles. The topological polar surface area (TPSA) is 83.9 Å². The Morgan fingerprint density at radius 2 is 1.71 bits per heavy atom. The van der Waals surface area contributed by atoms with Crippen LogP contribution in [0.4, 0.5) is 16.3 Å². The first-order valence-corrected chi connectivity index (χ1v) is 15.9. The number of fused-ring (bicyclic) bond motifs is 1. The Kier molecular flexibility index (Phi) is 8.80. The second-order valence-corrected chi connectivity index (χ2v) is 12.9. The van der Waals surface area contributed by atoms with Gasteiger partial charge in [-0.1, -0.05) is 87.5 Å². The predicted octanol–water partition coefficient (Wildman–Crippen LogP) is 8.44. The first-order valence-electron chi connectivity index (χ1n) is 15.9. The number of anilines is 2. The van der Waals surface area contributed by atoms with Gasteiger partial charge in [0.2, 0.25) is 0 Å². The van der Waals surface area contributed by atoms with Gasteiger partial charge in [0.1, 0.15) is 5.82 Å². The quantitative estimate of drug-likeness (QED) is 0.167. The minimum atomic E-state index is -0.325. The van der Waals surface area contributed by atoms with Gasteiger partial charge < -0.3 is 10.6 Å². The number of rotatable bonds is 8. The number of hydrogen-bond donors (Lipinski definition) is 3. The largest absolute Gasteiger partial charge is 0.324 e. The van der Waals surface area contributed by atoms with Crippen LogP contribution in [0.3, 0.4) is 0 Å². The molecule has 2 amide bonds. The molecule has 0 radical (unpaired) electrons. The third kappa shape index (κ3) is 7.15. The molecular formula is C38H42N6O. The molecule has 2 heterocycles. The van der Waals surface area contributed by atoms with Crippen molar-refractivity contribution in [3.05, 3.63) is 120 Å². The summed E-state index contributed by atoms with van der Waals surface area (Å²) in [5.74, 6) is 0.585. The van der Waals surface area contributed by atoms with Gasteiger partial charge in [0.15, 0.2) is 0 Å². The zero-order valence-electron chi connectivity index (χ0n) is 26.6. The molecule has 1 unspecified atom stereocenters. The van der Waals surface area contributed by atoms with Crippen molar-refractivity contribution in [3.8, 4) is 5.69 Å². The molecule has 2 aromatic heterocycles.